The van der Waals surface area contributed by atoms with Crippen molar-refractivity contribution < 1.29 is 37.1 Å². The number of hydrogen-bond acceptors (Lipinski definition) is 11. The van der Waals surface area contributed by atoms with Crippen molar-refractivity contribution in [1.29, 1.82) is 0 Å². The normalized spacial score (nSPS) is 25.5. The number of anilines is 1. The van der Waals surface area contributed by atoms with Crippen LogP contribution in [0.25, 0.3) is 0 Å². The SMILES string of the molecule is C=C[C@@H]1CC12NC(=O)C1(CCc3cc(Oc4ccccc4)ccc3C1)NC(=O)C(Nc1nc(CC(=O)NC(C)(C)C)cs1)CCCCC(=O)NCCN(C)S(=O)(=O)NC2=O. The van der Waals surface area contributed by atoms with Crippen molar-refractivity contribution in [2.75, 3.05) is 25.5 Å². The van der Waals surface area contributed by atoms with Gasteiger partial charge in [-0.15, -0.1) is 17.9 Å². The highest BCUT2D eigenvalue weighted by Gasteiger charge is 2.62. The number of likely N-dealkylation sites (N-methyl/N-ethyl adjacent to an activating group) is 1. The lowest BCUT2D eigenvalue weighted by molar-refractivity contribution is -0.137. The third kappa shape index (κ3) is 10.9. The molecule has 1 aromatic heterocycles. The van der Waals surface area contributed by atoms with Crippen LogP contribution >= 0.6 is 11.3 Å². The van der Waals surface area contributed by atoms with Crippen LogP contribution in [0, 0.1) is 5.92 Å². The Morgan fingerprint density at radius 3 is 2.52 bits per heavy atom. The number of thiazole rings is 1. The van der Waals surface area contributed by atoms with Gasteiger partial charge < -0.3 is 31.3 Å². The maximum absolute atomic E-state index is 14.8. The van der Waals surface area contributed by atoms with E-state index in [0.717, 1.165) is 15.4 Å². The summed E-state index contributed by atoms with van der Waals surface area (Å²) >= 11 is 1.24. The Bertz CT molecular complexity index is 2230. The van der Waals surface area contributed by atoms with E-state index in [1.54, 1.807) is 11.4 Å². The fourth-order valence-electron chi connectivity index (χ4n) is 7.47. The zero-order valence-corrected chi connectivity index (χ0v) is 36.0. The number of nitrogens with zero attached hydrogens (tertiary/aromatic N) is 2. The number of rotatable bonds is 7. The van der Waals surface area contributed by atoms with Crippen molar-refractivity contribution in [1.82, 2.24) is 35.3 Å². The van der Waals surface area contributed by atoms with Crippen molar-refractivity contribution in [2.45, 2.75) is 101 Å². The molecule has 0 bridgehead atoms. The zero-order chi connectivity index (χ0) is 43.3. The van der Waals surface area contributed by atoms with Crippen LogP contribution in [0.4, 0.5) is 5.13 Å². The van der Waals surface area contributed by atoms with Crippen molar-refractivity contribution in [2.24, 2.45) is 5.92 Å². The maximum Gasteiger partial charge on any atom is 0.303 e. The Balaban J connectivity index is 1.32. The molecule has 3 unspecified atom stereocenters. The molecule has 0 radical (unpaired) electrons. The van der Waals surface area contributed by atoms with E-state index in [-0.39, 0.29) is 63.4 Å². The monoisotopic (exact) mass is 862 g/mol. The van der Waals surface area contributed by atoms with E-state index in [2.05, 4.69) is 42.9 Å². The molecule has 2 aliphatic carbocycles. The molecular formula is C42H54N8O8S2. The van der Waals surface area contributed by atoms with E-state index in [4.69, 9.17) is 4.74 Å². The minimum atomic E-state index is -4.37. The molecule has 1 aliphatic heterocycles. The number of aromatic nitrogens is 1. The number of fused-ring (bicyclic) bond motifs is 1. The van der Waals surface area contributed by atoms with Gasteiger partial charge in [0.2, 0.25) is 23.6 Å². The van der Waals surface area contributed by atoms with Gasteiger partial charge in [-0.3, -0.25) is 24.0 Å². The van der Waals surface area contributed by atoms with Crippen LogP contribution in [0.15, 0.2) is 66.6 Å². The number of aryl methyl sites for hydroxylation is 1. The van der Waals surface area contributed by atoms with Crippen LogP contribution in [-0.4, -0.2) is 90.0 Å². The van der Waals surface area contributed by atoms with E-state index in [9.17, 15) is 32.4 Å². The second-order valence-electron chi connectivity index (χ2n) is 16.7. The molecule has 3 aromatic rings. The lowest BCUT2D eigenvalue weighted by atomic mass is 9.76. The lowest BCUT2D eigenvalue weighted by Crippen LogP contribution is -2.66. The Labute approximate surface area is 354 Å². The molecule has 1 saturated carbocycles. The summed E-state index contributed by atoms with van der Waals surface area (Å²) in [5.41, 5.74) is -1.43. The predicted octanol–water partition coefficient (Wildman–Crippen LogP) is 3.26. The van der Waals surface area contributed by atoms with E-state index < -0.39 is 56.5 Å². The minimum absolute atomic E-state index is 0.00178. The first-order valence-electron chi connectivity index (χ1n) is 20.1. The number of ether oxygens (including phenoxy) is 1. The summed E-state index contributed by atoms with van der Waals surface area (Å²) in [4.78, 5) is 73.3. The molecule has 1 saturated heterocycles. The molecule has 2 heterocycles. The van der Waals surface area contributed by atoms with Crippen LogP contribution in [0.1, 0.15) is 76.1 Å². The van der Waals surface area contributed by atoms with Crippen LogP contribution < -0.4 is 36.0 Å². The first-order valence-corrected chi connectivity index (χ1v) is 22.4. The molecule has 60 heavy (non-hydrogen) atoms. The highest BCUT2D eigenvalue weighted by molar-refractivity contribution is 7.87. The zero-order valence-electron chi connectivity index (χ0n) is 34.4. The largest absolute Gasteiger partial charge is 0.457 e. The Morgan fingerprint density at radius 1 is 1.03 bits per heavy atom. The summed E-state index contributed by atoms with van der Waals surface area (Å²) in [7, 11) is -3.09. The average molecular weight is 863 g/mol. The molecule has 6 N–H and O–H groups in total. The van der Waals surface area contributed by atoms with Gasteiger partial charge in [0.05, 0.1) is 12.1 Å². The number of benzene rings is 2. The predicted molar refractivity (Wildman–Crippen MR) is 227 cm³/mol. The van der Waals surface area contributed by atoms with E-state index in [0.29, 0.717) is 41.6 Å². The van der Waals surface area contributed by atoms with Gasteiger partial charge in [-0.05, 0) is 88.3 Å². The van der Waals surface area contributed by atoms with Crippen molar-refractivity contribution in [3.05, 3.63) is 83.4 Å². The quantitative estimate of drug-likeness (QED) is 0.191. The maximum atomic E-state index is 14.8. The molecule has 2 aromatic carbocycles. The number of nitrogens with one attached hydrogen (secondary N) is 6. The van der Waals surface area contributed by atoms with Crippen LogP contribution in [0.5, 0.6) is 11.5 Å². The third-order valence-corrected chi connectivity index (χ3v) is 13.1. The fraction of sp³-hybridized carbons (Fsp3) is 0.476. The summed E-state index contributed by atoms with van der Waals surface area (Å²) in [6.07, 6.45) is 3.42. The van der Waals surface area contributed by atoms with E-state index in [1.165, 1.54) is 24.5 Å². The molecule has 322 valence electrons. The van der Waals surface area contributed by atoms with Gasteiger partial charge in [-0.2, -0.15) is 12.7 Å². The molecule has 5 amide bonds. The minimum Gasteiger partial charge on any atom is -0.457 e. The standard InChI is InChI=1S/C42H54N8O8S2/c1-6-29-25-42(29)38(55)49-60(56,57)50(5)21-20-43-34(51)15-11-10-14-33(45-39-44-30(26-59-39)23-35(52)46-40(2,3)4)36(53)47-41(37(54)48-42)19-18-27-22-32(17-16-28(27)24-41)58-31-12-8-7-9-13-31/h6-9,12-13,16-17,22,26,29,33H,1,10-11,14-15,18-21,23-25H2,2-5H3,(H,43,51)(H,44,45)(H,46,52)(H,47,53)(H,48,54)(H,49,55)/t29-,33?,41?,42?/m1/s1. The molecular weight excluding hydrogens is 809 g/mol. The summed E-state index contributed by atoms with van der Waals surface area (Å²) < 4.78 is 35.7. The van der Waals surface area contributed by atoms with Gasteiger partial charge in [0.25, 0.3) is 5.91 Å². The van der Waals surface area contributed by atoms with Gasteiger partial charge in [0, 0.05) is 49.8 Å². The number of carbonyl (C=O) groups excluding carboxylic acids is 5. The van der Waals surface area contributed by atoms with Crippen LogP contribution in [-0.2, 0) is 53.4 Å². The molecule has 3 aliphatic rings. The summed E-state index contributed by atoms with van der Waals surface area (Å²) in [6.45, 7) is 9.36. The Kier molecular flexibility index (Phi) is 13.3. The first-order chi connectivity index (χ1) is 28.4. The lowest BCUT2D eigenvalue weighted by Gasteiger charge is -2.39. The summed E-state index contributed by atoms with van der Waals surface area (Å²) in [6, 6.07) is 14.0. The number of carbonyl (C=O) groups is 5. The first kappa shape index (κ1) is 44.2. The van der Waals surface area contributed by atoms with E-state index >= 15 is 0 Å². The topological polar surface area (TPSA) is 217 Å². The molecule has 18 heteroatoms. The highest BCUT2D eigenvalue weighted by Crippen LogP contribution is 2.46. The average Bonchev–Trinajstić information content (AvgIpc) is 3.74. The van der Waals surface area contributed by atoms with Crippen LogP contribution in [0.2, 0.25) is 0 Å². The molecule has 16 nitrogen and oxygen atoms in total. The van der Waals surface area contributed by atoms with Gasteiger partial charge in [0.15, 0.2) is 5.13 Å². The second-order valence-corrected chi connectivity index (χ2v) is 19.4. The fourth-order valence-corrected chi connectivity index (χ4v) is 9.14. The summed E-state index contributed by atoms with van der Waals surface area (Å²) in [5, 5.41) is 17.0. The molecule has 4 atom stereocenters. The highest BCUT2D eigenvalue weighted by atomic mass is 32.2. The van der Waals surface area contributed by atoms with Crippen LogP contribution in [0.3, 0.4) is 0 Å². The van der Waals surface area contributed by atoms with Gasteiger partial charge in [-0.25, -0.2) is 9.71 Å². The summed E-state index contributed by atoms with van der Waals surface area (Å²) in [5.74, 6) is -1.92. The van der Waals surface area contributed by atoms with Gasteiger partial charge in [-0.1, -0.05) is 36.8 Å². The number of amides is 5. The van der Waals surface area contributed by atoms with Gasteiger partial charge >= 0.3 is 10.2 Å². The molecule has 2 spiro atoms. The number of para-hydroxylation sites is 1. The third-order valence-electron chi connectivity index (χ3n) is 10.9. The van der Waals surface area contributed by atoms with Crippen molar-refractivity contribution in [3.63, 3.8) is 0 Å². The molecule has 2 fully saturated rings. The van der Waals surface area contributed by atoms with Gasteiger partial charge in [0.1, 0.15) is 28.6 Å². The van der Waals surface area contributed by atoms with Crippen molar-refractivity contribution >= 4 is 56.2 Å². The number of hydrogen-bond donors (Lipinski definition) is 6. The van der Waals surface area contributed by atoms with Crippen molar-refractivity contribution in [3.8, 4) is 11.5 Å². The smallest absolute Gasteiger partial charge is 0.303 e. The van der Waals surface area contributed by atoms with E-state index in [1.807, 2.05) is 63.2 Å². The Morgan fingerprint density at radius 2 is 1.80 bits per heavy atom. The molecule has 6 rings (SSSR count). The Hall–Kier alpha value is -5.33. The second kappa shape index (κ2) is 18.1.